The van der Waals surface area contributed by atoms with Crippen molar-refractivity contribution in [2.75, 3.05) is 6.61 Å². The van der Waals surface area contributed by atoms with Crippen molar-refractivity contribution < 1.29 is 9.53 Å². The third-order valence-corrected chi connectivity index (χ3v) is 2.80. The predicted octanol–water partition coefficient (Wildman–Crippen LogP) is 1.73. The van der Waals surface area contributed by atoms with E-state index in [1.807, 2.05) is 22.7 Å². The fraction of sp³-hybridized carbons (Fsp3) is 0.375. The molecule has 70 valence electrons. The van der Waals surface area contributed by atoms with E-state index >= 15 is 0 Å². The minimum atomic E-state index is -0.289. The van der Waals surface area contributed by atoms with Crippen LogP contribution in [0.25, 0.3) is 0 Å². The maximum absolute atomic E-state index is 11.4. The van der Waals surface area contributed by atoms with Gasteiger partial charge in [0.1, 0.15) is 0 Å². The van der Waals surface area contributed by atoms with Crippen molar-refractivity contribution >= 4 is 17.9 Å². The first-order chi connectivity index (χ1) is 6.33. The molecule has 2 heterocycles. The average Bonchev–Trinajstić information content (AvgIpc) is 2.62. The second kappa shape index (κ2) is 3.33. The molecule has 0 bridgehead atoms. The van der Waals surface area contributed by atoms with E-state index in [0.29, 0.717) is 6.61 Å². The highest BCUT2D eigenvalue weighted by Gasteiger charge is 2.33. The van der Waals surface area contributed by atoms with Gasteiger partial charge in [0.15, 0.2) is 5.50 Å². The molecule has 0 spiro atoms. The molecule has 1 atom stereocenters. The minimum Gasteiger partial charge on any atom is -0.449 e. The summed E-state index contributed by atoms with van der Waals surface area (Å²) >= 11 is 1.58. The Morgan fingerprint density at radius 1 is 1.54 bits per heavy atom. The van der Waals surface area contributed by atoms with Gasteiger partial charge in [-0.05, 0) is 12.3 Å². The molecule has 2 aliphatic heterocycles. The molecule has 0 radical (unpaired) electrons. The minimum absolute atomic E-state index is 0.0269. The van der Waals surface area contributed by atoms with Crippen molar-refractivity contribution in [2.24, 2.45) is 0 Å². The van der Waals surface area contributed by atoms with Gasteiger partial charge in [0.2, 0.25) is 0 Å². The van der Waals surface area contributed by atoms with Gasteiger partial charge in [0.05, 0.1) is 6.61 Å². The molecule has 0 aromatic rings. The molecule has 0 fully saturated rings. The van der Waals surface area contributed by atoms with Gasteiger partial charge in [0.25, 0.3) is 0 Å². The molecule has 2 aliphatic rings. The van der Waals surface area contributed by atoms with Crippen LogP contribution in [0.4, 0.5) is 4.79 Å². The third-order valence-electron chi connectivity index (χ3n) is 1.80. The first-order valence-electron chi connectivity index (χ1n) is 4.06. The highest BCUT2D eigenvalue weighted by atomic mass is 32.2. The van der Waals surface area contributed by atoms with Crippen molar-refractivity contribution in [1.29, 1.82) is 0 Å². The van der Waals surface area contributed by atoms with E-state index in [1.54, 1.807) is 29.8 Å². The summed E-state index contributed by atoms with van der Waals surface area (Å²) in [6.07, 6.45) is 5.24. The first-order valence-corrected chi connectivity index (χ1v) is 5.00. The first kappa shape index (κ1) is 8.50. The molecule has 5 heteroatoms. The van der Waals surface area contributed by atoms with Crippen LogP contribution in [-0.4, -0.2) is 28.0 Å². The van der Waals surface area contributed by atoms with Crippen molar-refractivity contribution in [2.45, 2.75) is 12.4 Å². The molecule has 0 saturated heterocycles. The molecule has 4 nitrogen and oxygen atoms in total. The number of fused-ring (bicyclic) bond motifs is 1. The van der Waals surface area contributed by atoms with Crippen LogP contribution in [0.2, 0.25) is 0 Å². The van der Waals surface area contributed by atoms with Gasteiger partial charge in [-0.1, -0.05) is 11.8 Å². The lowest BCUT2D eigenvalue weighted by molar-refractivity contribution is 0.114. The zero-order valence-electron chi connectivity index (χ0n) is 7.21. The highest BCUT2D eigenvalue weighted by molar-refractivity contribution is 8.02. The number of carbonyl (C=O) groups excluding carboxylic acids is 1. The molecule has 1 amide bonds. The Hall–Kier alpha value is -1.10. The molecule has 1 unspecified atom stereocenters. The molecular formula is C8H10N2O2S. The molecule has 0 N–H and O–H groups in total. The third kappa shape index (κ3) is 1.39. The van der Waals surface area contributed by atoms with Crippen LogP contribution < -0.4 is 0 Å². The number of carbonyl (C=O) groups is 1. The predicted molar refractivity (Wildman–Crippen MR) is 50.4 cm³/mol. The molecule has 2 rings (SSSR count). The van der Waals surface area contributed by atoms with Crippen LogP contribution in [0, 0.1) is 0 Å². The summed E-state index contributed by atoms with van der Waals surface area (Å²) in [5.41, 5.74) is 0.0269. The molecule has 0 saturated carbocycles. The summed E-state index contributed by atoms with van der Waals surface area (Å²) in [5, 5.41) is 1.96. The maximum atomic E-state index is 11.4. The second-order valence-corrected chi connectivity index (χ2v) is 3.57. The molecule has 0 aromatic heterocycles. The van der Waals surface area contributed by atoms with Crippen molar-refractivity contribution in [3.8, 4) is 0 Å². The van der Waals surface area contributed by atoms with E-state index in [9.17, 15) is 4.79 Å². The smallest absolute Gasteiger partial charge is 0.416 e. The van der Waals surface area contributed by atoms with Gasteiger partial charge in [-0.2, -0.15) is 0 Å². The topological polar surface area (TPSA) is 32.8 Å². The standard InChI is InChI=1S/C8H10N2O2S/c1-2-12-8(11)10-4-3-9-5-6-13-7(9)10/h3-7H,2H2,1H3. The lowest BCUT2D eigenvalue weighted by Gasteiger charge is -2.22. The largest absolute Gasteiger partial charge is 0.449 e. The van der Waals surface area contributed by atoms with Gasteiger partial charge in [-0.25, -0.2) is 4.79 Å². The van der Waals surface area contributed by atoms with E-state index in [0.717, 1.165) is 0 Å². The van der Waals surface area contributed by atoms with E-state index in [2.05, 4.69) is 0 Å². The van der Waals surface area contributed by atoms with Crippen LogP contribution in [0.1, 0.15) is 6.92 Å². The number of hydrogen-bond donors (Lipinski definition) is 0. The summed E-state index contributed by atoms with van der Waals surface area (Å²) in [6.45, 7) is 2.21. The number of amides is 1. The molecular weight excluding hydrogens is 188 g/mol. The Labute approximate surface area is 80.8 Å². The lowest BCUT2D eigenvalue weighted by Crippen LogP contribution is -2.35. The van der Waals surface area contributed by atoms with E-state index in [-0.39, 0.29) is 11.6 Å². The lowest BCUT2D eigenvalue weighted by atomic mass is 10.7. The SMILES string of the molecule is CCOC(=O)N1C=CN2C=CSC21. The molecule has 0 aliphatic carbocycles. The zero-order valence-corrected chi connectivity index (χ0v) is 8.03. The van der Waals surface area contributed by atoms with E-state index in [4.69, 9.17) is 4.74 Å². The number of thioether (sulfide) groups is 1. The van der Waals surface area contributed by atoms with Crippen LogP contribution in [-0.2, 0) is 4.74 Å². The Balaban J connectivity index is 2.02. The van der Waals surface area contributed by atoms with Crippen LogP contribution in [0.3, 0.4) is 0 Å². The quantitative estimate of drug-likeness (QED) is 0.642. The van der Waals surface area contributed by atoms with Gasteiger partial charge in [-0.15, -0.1) is 0 Å². The Kier molecular flexibility index (Phi) is 2.18. The van der Waals surface area contributed by atoms with Crippen molar-refractivity contribution in [1.82, 2.24) is 9.80 Å². The molecule has 0 aromatic carbocycles. The maximum Gasteiger partial charge on any atom is 0.416 e. The van der Waals surface area contributed by atoms with Gasteiger partial charge in [0, 0.05) is 18.6 Å². The number of ether oxygens (including phenoxy) is 1. The van der Waals surface area contributed by atoms with Crippen molar-refractivity contribution in [3.05, 3.63) is 24.0 Å². The summed E-state index contributed by atoms with van der Waals surface area (Å²) in [4.78, 5) is 14.9. The summed E-state index contributed by atoms with van der Waals surface area (Å²) < 4.78 is 4.90. The highest BCUT2D eigenvalue weighted by Crippen LogP contribution is 2.32. The Morgan fingerprint density at radius 2 is 2.38 bits per heavy atom. The van der Waals surface area contributed by atoms with Crippen LogP contribution in [0.5, 0.6) is 0 Å². The monoisotopic (exact) mass is 198 g/mol. The number of rotatable bonds is 1. The second-order valence-electron chi connectivity index (χ2n) is 2.60. The van der Waals surface area contributed by atoms with E-state index < -0.39 is 0 Å². The zero-order chi connectivity index (χ0) is 9.26. The van der Waals surface area contributed by atoms with E-state index in [1.165, 1.54) is 0 Å². The Morgan fingerprint density at radius 3 is 3.15 bits per heavy atom. The average molecular weight is 198 g/mol. The van der Waals surface area contributed by atoms with Crippen molar-refractivity contribution in [3.63, 3.8) is 0 Å². The van der Waals surface area contributed by atoms with Gasteiger partial charge in [-0.3, -0.25) is 4.90 Å². The van der Waals surface area contributed by atoms with Gasteiger partial charge < -0.3 is 9.64 Å². The fourth-order valence-corrected chi connectivity index (χ4v) is 2.14. The van der Waals surface area contributed by atoms with Crippen LogP contribution >= 0.6 is 11.8 Å². The van der Waals surface area contributed by atoms with Crippen LogP contribution in [0.15, 0.2) is 24.0 Å². The fourth-order valence-electron chi connectivity index (χ4n) is 1.22. The summed E-state index contributed by atoms with van der Waals surface area (Å²) in [5.74, 6) is 0. The normalized spacial score (nSPS) is 23.9. The summed E-state index contributed by atoms with van der Waals surface area (Å²) in [7, 11) is 0. The number of nitrogens with zero attached hydrogens (tertiary/aromatic N) is 2. The van der Waals surface area contributed by atoms with Gasteiger partial charge >= 0.3 is 6.09 Å². The summed E-state index contributed by atoms with van der Waals surface area (Å²) in [6, 6.07) is 0. The molecule has 13 heavy (non-hydrogen) atoms. The number of hydrogen-bond acceptors (Lipinski definition) is 4. The Bertz CT molecular complexity index is 277.